The van der Waals surface area contributed by atoms with E-state index < -0.39 is 11.6 Å². The molecule has 0 unspecified atom stereocenters. The van der Waals surface area contributed by atoms with Crippen molar-refractivity contribution < 1.29 is 40.9 Å². The highest BCUT2D eigenvalue weighted by molar-refractivity contribution is 7.12. The molecule has 0 spiro atoms. The third-order valence-corrected chi connectivity index (χ3v) is 8.64. The topological polar surface area (TPSA) is 101 Å². The molecule has 3 saturated heterocycles. The zero-order valence-corrected chi connectivity index (χ0v) is 21.5. The summed E-state index contributed by atoms with van der Waals surface area (Å²) in [5.74, 6) is -0.0441. The third kappa shape index (κ3) is 4.80. The molecule has 180 valence electrons. The molecule has 3 aromatic heterocycles. The van der Waals surface area contributed by atoms with E-state index in [9.17, 15) is 14.7 Å². The number of nitrogens with one attached hydrogen (secondary N) is 1. The van der Waals surface area contributed by atoms with Gasteiger partial charge in [0, 0.05) is 25.0 Å². The lowest BCUT2D eigenvalue weighted by atomic mass is 9.83. The van der Waals surface area contributed by atoms with E-state index in [0.29, 0.717) is 33.1 Å². The molecule has 34 heavy (non-hydrogen) atoms. The van der Waals surface area contributed by atoms with Gasteiger partial charge in [-0.15, -0.1) is 22.7 Å². The molecule has 0 aromatic carbocycles. The van der Waals surface area contributed by atoms with Crippen LogP contribution in [-0.4, -0.2) is 63.7 Å². The average Bonchev–Trinajstić information content (AvgIpc) is 3.54. The summed E-state index contributed by atoms with van der Waals surface area (Å²) in [6.45, 7) is 2.61. The number of amides is 1. The highest BCUT2D eigenvalue weighted by atomic mass is 79.9. The molecule has 3 fully saturated rings. The summed E-state index contributed by atoms with van der Waals surface area (Å²) >= 11 is 2.66. The number of carbonyl (C=O) groups excluding carboxylic acids is 2. The van der Waals surface area contributed by atoms with Crippen LogP contribution in [0, 0.1) is 5.92 Å². The van der Waals surface area contributed by atoms with Crippen molar-refractivity contribution in [3.63, 3.8) is 0 Å². The van der Waals surface area contributed by atoms with E-state index in [1.54, 1.807) is 24.4 Å². The Morgan fingerprint density at radius 1 is 1.15 bits per heavy atom. The zero-order chi connectivity index (χ0) is 22.9. The molecule has 2 N–H and O–H groups in total. The van der Waals surface area contributed by atoms with E-state index in [0.717, 1.165) is 25.9 Å². The maximum absolute atomic E-state index is 13.4. The molecule has 6 heterocycles. The van der Waals surface area contributed by atoms with Crippen LogP contribution in [0.1, 0.15) is 22.6 Å². The van der Waals surface area contributed by atoms with E-state index in [4.69, 9.17) is 4.74 Å². The quantitative estimate of drug-likeness (QED) is 0.300. The van der Waals surface area contributed by atoms with Gasteiger partial charge in [0.1, 0.15) is 18.7 Å². The minimum Gasteiger partial charge on any atom is -1.00 e. The zero-order valence-electron chi connectivity index (χ0n) is 18.3. The second-order valence-corrected chi connectivity index (χ2v) is 10.6. The maximum atomic E-state index is 13.4. The SMILES string of the molecule is O=C(C[N+]12CCC(CC1)[C@@H](OC(=O)C(O)(c1cccs1)c1cccs1)C2)Nc1ccncn1.[Br-]. The van der Waals surface area contributed by atoms with Crippen molar-refractivity contribution >= 4 is 40.4 Å². The fraction of sp³-hybridized carbons (Fsp3) is 0.391. The smallest absolute Gasteiger partial charge is 0.349 e. The fourth-order valence-electron chi connectivity index (χ4n) is 4.94. The molecule has 0 radical (unpaired) electrons. The summed E-state index contributed by atoms with van der Waals surface area (Å²) in [5.41, 5.74) is -1.82. The number of piperidine rings is 3. The van der Waals surface area contributed by atoms with Crippen LogP contribution in [0.25, 0.3) is 0 Å². The molecule has 0 saturated carbocycles. The normalized spacial score (nSPS) is 23.7. The van der Waals surface area contributed by atoms with Gasteiger partial charge < -0.3 is 36.6 Å². The predicted octanol–water partition coefficient (Wildman–Crippen LogP) is -0.370. The fourth-order valence-corrected chi connectivity index (χ4v) is 6.66. The number of hydrogen-bond donors (Lipinski definition) is 2. The first-order valence-electron chi connectivity index (χ1n) is 10.9. The minimum atomic E-state index is -1.82. The molecule has 3 aliphatic heterocycles. The van der Waals surface area contributed by atoms with Crippen LogP contribution in [-0.2, 0) is 19.9 Å². The largest absolute Gasteiger partial charge is 1.00 e. The van der Waals surface area contributed by atoms with Crippen LogP contribution in [0.4, 0.5) is 5.82 Å². The predicted molar refractivity (Wildman–Crippen MR) is 125 cm³/mol. The van der Waals surface area contributed by atoms with Crippen molar-refractivity contribution in [3.8, 4) is 0 Å². The first-order chi connectivity index (χ1) is 16.0. The molecule has 1 atom stereocenters. The van der Waals surface area contributed by atoms with Gasteiger partial charge in [-0.2, -0.15) is 0 Å². The number of fused-ring (bicyclic) bond motifs is 3. The van der Waals surface area contributed by atoms with Gasteiger partial charge in [0.25, 0.3) is 5.91 Å². The number of quaternary nitrogens is 1. The second kappa shape index (κ2) is 10.2. The minimum absolute atomic E-state index is 0. The Kier molecular flexibility index (Phi) is 7.48. The van der Waals surface area contributed by atoms with Gasteiger partial charge >= 0.3 is 5.97 Å². The Morgan fingerprint density at radius 2 is 1.82 bits per heavy atom. The molecule has 3 aliphatic rings. The maximum Gasteiger partial charge on any atom is 0.349 e. The van der Waals surface area contributed by atoms with E-state index in [1.807, 2.05) is 22.9 Å². The van der Waals surface area contributed by atoms with Crippen LogP contribution in [0.5, 0.6) is 0 Å². The van der Waals surface area contributed by atoms with Crippen molar-refractivity contribution in [2.24, 2.45) is 5.92 Å². The first-order valence-corrected chi connectivity index (χ1v) is 12.7. The molecular formula is C23H25BrN4O4S2. The Morgan fingerprint density at radius 3 is 2.38 bits per heavy atom. The molecule has 1 amide bonds. The van der Waals surface area contributed by atoms with E-state index in [2.05, 4.69) is 15.3 Å². The number of aliphatic hydroxyl groups is 1. The lowest BCUT2D eigenvalue weighted by molar-refractivity contribution is -0.939. The lowest BCUT2D eigenvalue weighted by Crippen LogP contribution is -3.00. The number of carbonyl (C=O) groups is 2. The number of nitrogens with zero attached hydrogens (tertiary/aromatic N) is 3. The van der Waals surface area contributed by atoms with Gasteiger partial charge in [-0.25, -0.2) is 14.8 Å². The van der Waals surface area contributed by atoms with Crippen molar-refractivity contribution in [2.75, 3.05) is 31.5 Å². The number of hydrogen-bond acceptors (Lipinski definition) is 8. The molecule has 0 aliphatic carbocycles. The van der Waals surface area contributed by atoms with Gasteiger partial charge in [0.05, 0.1) is 22.8 Å². The Labute approximate surface area is 216 Å². The Hall–Kier alpha value is -2.18. The van der Waals surface area contributed by atoms with Gasteiger partial charge in [-0.1, -0.05) is 12.1 Å². The van der Waals surface area contributed by atoms with E-state index in [1.165, 1.54) is 29.0 Å². The van der Waals surface area contributed by atoms with Crippen LogP contribution >= 0.6 is 22.7 Å². The van der Waals surface area contributed by atoms with E-state index in [-0.39, 0.29) is 34.9 Å². The van der Waals surface area contributed by atoms with Crippen LogP contribution in [0.2, 0.25) is 0 Å². The lowest BCUT2D eigenvalue weighted by Gasteiger charge is -2.51. The average molecular weight is 566 g/mol. The molecule has 3 aromatic rings. The summed E-state index contributed by atoms with van der Waals surface area (Å²) in [7, 11) is 0. The highest BCUT2D eigenvalue weighted by Gasteiger charge is 2.51. The summed E-state index contributed by atoms with van der Waals surface area (Å²) in [6.07, 6.45) is 4.41. The third-order valence-electron chi connectivity index (χ3n) is 6.68. The highest BCUT2D eigenvalue weighted by Crippen LogP contribution is 2.40. The second-order valence-electron chi connectivity index (χ2n) is 8.72. The first kappa shape index (κ1) is 24.9. The van der Waals surface area contributed by atoms with Crippen molar-refractivity contribution in [1.82, 2.24) is 9.97 Å². The van der Waals surface area contributed by atoms with Gasteiger partial charge in [-0.3, -0.25) is 4.79 Å². The van der Waals surface area contributed by atoms with Gasteiger partial charge in [-0.05, 0) is 29.0 Å². The van der Waals surface area contributed by atoms with Crippen LogP contribution < -0.4 is 22.3 Å². The number of rotatable bonds is 7. The summed E-state index contributed by atoms with van der Waals surface area (Å²) in [5, 5.41) is 18.1. The molecule has 11 heteroatoms. The number of esters is 1. The number of thiophene rings is 2. The molecule has 6 rings (SSSR count). The molecular weight excluding hydrogens is 540 g/mol. The van der Waals surface area contributed by atoms with Crippen LogP contribution in [0.3, 0.4) is 0 Å². The summed E-state index contributed by atoms with van der Waals surface area (Å²) < 4.78 is 6.59. The van der Waals surface area contributed by atoms with Crippen molar-refractivity contribution in [3.05, 3.63) is 63.4 Å². The number of halogens is 1. The number of aromatic nitrogens is 2. The van der Waals surface area contributed by atoms with E-state index >= 15 is 0 Å². The van der Waals surface area contributed by atoms with Crippen molar-refractivity contribution in [1.29, 1.82) is 0 Å². The van der Waals surface area contributed by atoms with Gasteiger partial charge in [0.2, 0.25) is 5.60 Å². The molecule has 8 nitrogen and oxygen atoms in total. The monoisotopic (exact) mass is 564 g/mol. The Balaban J connectivity index is 0.00000274. The number of ether oxygens (including phenoxy) is 1. The van der Waals surface area contributed by atoms with Gasteiger partial charge in [0.15, 0.2) is 12.6 Å². The Bertz CT molecular complexity index is 1070. The van der Waals surface area contributed by atoms with Crippen molar-refractivity contribution in [2.45, 2.75) is 24.5 Å². The summed E-state index contributed by atoms with van der Waals surface area (Å²) in [6, 6.07) is 8.80. The standard InChI is InChI=1S/C23H24N4O4S2.BrH/c28-21(26-20-5-8-24-15-25-20)14-27-9-6-16(7-10-27)17(13-27)31-22(29)23(30,18-3-1-11-32-18)19-4-2-12-33-19;/h1-5,8,11-12,15-17,30H,6-7,9-10,13-14H2;1H/t16?,17-,27?;/m0./s1. The van der Waals surface area contributed by atoms with Crippen LogP contribution in [0.15, 0.2) is 53.6 Å². The molecule has 2 bridgehead atoms. The number of anilines is 1. The summed E-state index contributed by atoms with van der Waals surface area (Å²) in [4.78, 5) is 35.2.